The van der Waals surface area contributed by atoms with Crippen LogP contribution in [0.25, 0.3) is 0 Å². The third-order valence-electron chi connectivity index (χ3n) is 3.15. The maximum absolute atomic E-state index is 12.8. The normalized spacial score (nSPS) is 15.9. The van der Waals surface area contributed by atoms with Crippen molar-refractivity contribution >= 4 is 5.97 Å². The van der Waals surface area contributed by atoms with Crippen molar-refractivity contribution in [1.82, 2.24) is 5.32 Å². The minimum atomic E-state index is -0.933. The minimum Gasteiger partial charge on any atom is -0.480 e. The summed E-state index contributed by atoms with van der Waals surface area (Å²) >= 11 is 0. The Hall–Kier alpha value is -1.46. The van der Waals surface area contributed by atoms with Gasteiger partial charge < -0.3 is 10.2 Å². The van der Waals surface area contributed by atoms with Crippen molar-refractivity contribution < 1.29 is 19.4 Å². The molecule has 112 valence electrons. The van der Waals surface area contributed by atoms with Gasteiger partial charge in [-0.05, 0) is 37.0 Å². The Morgan fingerprint density at radius 2 is 1.80 bits per heavy atom. The van der Waals surface area contributed by atoms with Crippen LogP contribution in [0.4, 0.5) is 4.39 Å². The molecule has 0 aliphatic rings. The van der Waals surface area contributed by atoms with E-state index < -0.39 is 24.2 Å². The van der Waals surface area contributed by atoms with E-state index in [0.717, 1.165) is 0 Å². The predicted molar refractivity (Wildman–Crippen MR) is 74.8 cm³/mol. The summed E-state index contributed by atoms with van der Waals surface area (Å²) in [6.45, 7) is 5.60. The molecule has 1 aromatic rings. The number of aliphatic hydroxyl groups is 1. The SMILES string of the molecule is CC(C)CC(NC(C)C(O)c1ccc(F)cc1)C(=O)O. The fraction of sp³-hybridized carbons (Fsp3) is 0.533. The van der Waals surface area contributed by atoms with Gasteiger partial charge in [0.2, 0.25) is 0 Å². The molecule has 1 rings (SSSR count). The summed E-state index contributed by atoms with van der Waals surface area (Å²) in [6.07, 6.45) is -0.403. The van der Waals surface area contributed by atoms with Crippen LogP contribution in [-0.2, 0) is 4.79 Å². The number of hydrogen-bond acceptors (Lipinski definition) is 3. The predicted octanol–water partition coefficient (Wildman–Crippen LogP) is 2.34. The number of carboxylic acid groups (broad SMARTS) is 1. The maximum Gasteiger partial charge on any atom is 0.320 e. The van der Waals surface area contributed by atoms with E-state index in [1.165, 1.54) is 24.3 Å². The lowest BCUT2D eigenvalue weighted by Crippen LogP contribution is -2.45. The highest BCUT2D eigenvalue weighted by Crippen LogP contribution is 2.18. The second-order valence-electron chi connectivity index (χ2n) is 5.47. The Kier molecular flexibility index (Phi) is 6.10. The van der Waals surface area contributed by atoms with E-state index >= 15 is 0 Å². The second kappa shape index (κ2) is 7.36. The summed E-state index contributed by atoms with van der Waals surface area (Å²) in [5.74, 6) is -1.07. The van der Waals surface area contributed by atoms with Crippen molar-refractivity contribution in [2.45, 2.75) is 45.4 Å². The summed E-state index contributed by atoms with van der Waals surface area (Å²) in [5, 5.41) is 22.3. The van der Waals surface area contributed by atoms with Crippen LogP contribution < -0.4 is 5.32 Å². The number of halogens is 1. The Labute approximate surface area is 118 Å². The van der Waals surface area contributed by atoms with E-state index in [9.17, 15) is 14.3 Å². The lowest BCUT2D eigenvalue weighted by atomic mass is 9.99. The first kappa shape index (κ1) is 16.6. The summed E-state index contributed by atoms with van der Waals surface area (Å²) in [5.41, 5.74) is 0.556. The maximum atomic E-state index is 12.8. The zero-order valence-corrected chi connectivity index (χ0v) is 12.0. The molecule has 3 N–H and O–H groups in total. The lowest BCUT2D eigenvalue weighted by molar-refractivity contribution is -0.140. The molecule has 3 atom stereocenters. The Balaban J connectivity index is 2.70. The largest absolute Gasteiger partial charge is 0.480 e. The van der Waals surface area contributed by atoms with Crippen molar-refractivity contribution in [3.63, 3.8) is 0 Å². The number of hydrogen-bond donors (Lipinski definition) is 3. The number of aliphatic hydroxyl groups excluding tert-OH is 1. The number of rotatable bonds is 7. The Morgan fingerprint density at radius 3 is 2.25 bits per heavy atom. The zero-order valence-electron chi connectivity index (χ0n) is 12.0. The van der Waals surface area contributed by atoms with Gasteiger partial charge in [0.1, 0.15) is 11.9 Å². The third-order valence-corrected chi connectivity index (χ3v) is 3.15. The molecule has 20 heavy (non-hydrogen) atoms. The van der Waals surface area contributed by atoms with Crippen LogP contribution in [0.3, 0.4) is 0 Å². The fourth-order valence-electron chi connectivity index (χ4n) is 2.07. The number of aliphatic carboxylic acids is 1. The molecule has 0 saturated carbocycles. The molecule has 0 heterocycles. The number of nitrogens with one attached hydrogen (secondary N) is 1. The van der Waals surface area contributed by atoms with Crippen LogP contribution in [0.1, 0.15) is 38.9 Å². The topological polar surface area (TPSA) is 69.6 Å². The van der Waals surface area contributed by atoms with E-state index in [2.05, 4.69) is 5.32 Å². The van der Waals surface area contributed by atoms with Crippen LogP contribution in [0, 0.1) is 11.7 Å². The molecular formula is C15H22FNO3. The number of carboxylic acids is 1. The first-order chi connectivity index (χ1) is 9.31. The van der Waals surface area contributed by atoms with E-state index in [4.69, 9.17) is 5.11 Å². The van der Waals surface area contributed by atoms with Crippen LogP contribution in [0.2, 0.25) is 0 Å². The quantitative estimate of drug-likeness (QED) is 0.718. The molecule has 0 spiro atoms. The molecular weight excluding hydrogens is 261 g/mol. The van der Waals surface area contributed by atoms with Gasteiger partial charge in [0.05, 0.1) is 6.10 Å². The number of benzene rings is 1. The van der Waals surface area contributed by atoms with Gasteiger partial charge in [0.15, 0.2) is 0 Å². The van der Waals surface area contributed by atoms with Crippen molar-refractivity contribution in [2.75, 3.05) is 0 Å². The molecule has 0 amide bonds. The zero-order chi connectivity index (χ0) is 15.3. The van der Waals surface area contributed by atoms with Crippen molar-refractivity contribution in [3.8, 4) is 0 Å². The van der Waals surface area contributed by atoms with Gasteiger partial charge >= 0.3 is 5.97 Å². The molecule has 0 aromatic heterocycles. The van der Waals surface area contributed by atoms with Crippen LogP contribution in [0.15, 0.2) is 24.3 Å². The summed E-state index contributed by atoms with van der Waals surface area (Å²) < 4.78 is 12.8. The first-order valence-corrected chi connectivity index (χ1v) is 6.73. The van der Waals surface area contributed by atoms with Gasteiger partial charge in [-0.1, -0.05) is 26.0 Å². The van der Waals surface area contributed by atoms with Crippen LogP contribution in [0.5, 0.6) is 0 Å². The van der Waals surface area contributed by atoms with E-state index in [0.29, 0.717) is 12.0 Å². The molecule has 0 fully saturated rings. The Morgan fingerprint density at radius 1 is 1.25 bits per heavy atom. The van der Waals surface area contributed by atoms with Crippen LogP contribution in [-0.4, -0.2) is 28.3 Å². The molecule has 3 unspecified atom stereocenters. The molecule has 5 heteroatoms. The van der Waals surface area contributed by atoms with Crippen molar-refractivity contribution in [2.24, 2.45) is 5.92 Å². The third kappa shape index (κ3) is 4.90. The Bertz CT molecular complexity index is 433. The highest BCUT2D eigenvalue weighted by Gasteiger charge is 2.24. The molecule has 0 radical (unpaired) electrons. The summed E-state index contributed by atoms with van der Waals surface area (Å²) in [6, 6.07) is 4.38. The van der Waals surface area contributed by atoms with Gasteiger partial charge in [-0.3, -0.25) is 10.1 Å². The molecule has 4 nitrogen and oxygen atoms in total. The average Bonchev–Trinajstić information content (AvgIpc) is 2.37. The van der Waals surface area contributed by atoms with Crippen molar-refractivity contribution in [3.05, 3.63) is 35.6 Å². The van der Waals surface area contributed by atoms with E-state index in [1.54, 1.807) is 6.92 Å². The minimum absolute atomic E-state index is 0.235. The van der Waals surface area contributed by atoms with E-state index in [-0.39, 0.29) is 11.7 Å². The van der Waals surface area contributed by atoms with Gasteiger partial charge in [-0.25, -0.2) is 4.39 Å². The highest BCUT2D eigenvalue weighted by molar-refractivity contribution is 5.73. The molecule has 0 aliphatic heterocycles. The number of carbonyl (C=O) groups is 1. The standard InChI is InChI=1S/C15H22FNO3/c1-9(2)8-13(15(19)20)17-10(3)14(18)11-4-6-12(16)7-5-11/h4-7,9-10,13-14,17-18H,8H2,1-3H3,(H,19,20). The van der Waals surface area contributed by atoms with Crippen LogP contribution >= 0.6 is 0 Å². The second-order valence-corrected chi connectivity index (χ2v) is 5.47. The molecule has 0 saturated heterocycles. The summed E-state index contributed by atoms with van der Waals surface area (Å²) in [7, 11) is 0. The van der Waals surface area contributed by atoms with Gasteiger partial charge in [0.25, 0.3) is 0 Å². The summed E-state index contributed by atoms with van der Waals surface area (Å²) in [4.78, 5) is 11.2. The van der Waals surface area contributed by atoms with Gasteiger partial charge in [0, 0.05) is 6.04 Å². The molecule has 1 aromatic carbocycles. The van der Waals surface area contributed by atoms with E-state index in [1.807, 2.05) is 13.8 Å². The van der Waals surface area contributed by atoms with Gasteiger partial charge in [-0.2, -0.15) is 0 Å². The highest BCUT2D eigenvalue weighted by atomic mass is 19.1. The monoisotopic (exact) mass is 283 g/mol. The first-order valence-electron chi connectivity index (χ1n) is 6.73. The van der Waals surface area contributed by atoms with Crippen molar-refractivity contribution in [1.29, 1.82) is 0 Å². The fourth-order valence-corrected chi connectivity index (χ4v) is 2.07. The molecule has 0 bridgehead atoms. The van der Waals surface area contributed by atoms with Gasteiger partial charge in [-0.15, -0.1) is 0 Å². The smallest absolute Gasteiger partial charge is 0.320 e. The lowest BCUT2D eigenvalue weighted by Gasteiger charge is -2.25. The average molecular weight is 283 g/mol. The molecule has 0 aliphatic carbocycles.